The van der Waals surface area contributed by atoms with Crippen LogP contribution in [0.15, 0.2) is 0 Å². The van der Waals surface area contributed by atoms with E-state index >= 15 is 0 Å². The third-order valence-electron chi connectivity index (χ3n) is 1.30. The van der Waals surface area contributed by atoms with Gasteiger partial charge in [-0.3, -0.25) is 18.4 Å². The lowest BCUT2D eigenvalue weighted by Gasteiger charge is -2.17. The van der Waals surface area contributed by atoms with Gasteiger partial charge in [-0.2, -0.15) is 0 Å². The smallest absolute Gasteiger partial charge is 0.474 e. The van der Waals surface area contributed by atoms with E-state index in [1.54, 1.807) is 13.8 Å². The number of phosphoric acid groups is 1. The highest BCUT2D eigenvalue weighted by atomic mass is 31.2. The second kappa shape index (κ2) is 6.92. The molecule has 0 heterocycles. The van der Waals surface area contributed by atoms with Crippen LogP contribution in [0.4, 0.5) is 0 Å². The largest absolute Gasteiger partial charge is 0.480 e. The van der Waals surface area contributed by atoms with Gasteiger partial charge in [-0.25, -0.2) is 4.57 Å². The number of aliphatic carboxylic acids is 1. The predicted molar refractivity (Wildman–Crippen MR) is 52.4 cm³/mol. The summed E-state index contributed by atoms with van der Waals surface area (Å²) in [5, 5.41) is 8.46. The van der Waals surface area contributed by atoms with Crippen LogP contribution in [0.2, 0.25) is 0 Å². The highest BCUT2D eigenvalue weighted by molar-refractivity contribution is 7.48. The van der Waals surface area contributed by atoms with Gasteiger partial charge in [0.1, 0.15) is 6.04 Å². The van der Waals surface area contributed by atoms with Gasteiger partial charge in [-0.1, -0.05) is 0 Å². The number of nitrogens with two attached hydrogens (primary N) is 1. The van der Waals surface area contributed by atoms with Crippen LogP contribution >= 0.6 is 7.82 Å². The normalized spacial score (nSPS) is 13.8. The summed E-state index contributed by atoms with van der Waals surface area (Å²) in [5.41, 5.74) is 5.16. The Morgan fingerprint density at radius 3 is 2.13 bits per heavy atom. The first-order valence-corrected chi connectivity index (χ1v) is 5.93. The average Bonchev–Trinajstić information content (AvgIpc) is 2.15. The minimum atomic E-state index is -3.66. The second-order valence-electron chi connectivity index (χ2n) is 2.52. The Morgan fingerprint density at radius 1 is 1.33 bits per heavy atom. The van der Waals surface area contributed by atoms with Crippen LogP contribution in [0.1, 0.15) is 13.8 Å². The van der Waals surface area contributed by atoms with Gasteiger partial charge in [-0.15, -0.1) is 0 Å². The van der Waals surface area contributed by atoms with Crippen molar-refractivity contribution in [1.82, 2.24) is 0 Å². The van der Waals surface area contributed by atoms with E-state index < -0.39 is 26.4 Å². The van der Waals surface area contributed by atoms with Gasteiger partial charge in [-0.05, 0) is 13.8 Å². The van der Waals surface area contributed by atoms with E-state index in [4.69, 9.17) is 24.4 Å². The molecule has 0 saturated carbocycles. The van der Waals surface area contributed by atoms with Crippen LogP contribution in [0.3, 0.4) is 0 Å². The predicted octanol–water partition coefficient (Wildman–Crippen LogP) is 0.596. The monoisotopic (exact) mass is 241 g/mol. The number of carbonyl (C=O) groups is 1. The molecule has 90 valence electrons. The zero-order valence-corrected chi connectivity index (χ0v) is 9.61. The van der Waals surface area contributed by atoms with Crippen LogP contribution < -0.4 is 5.73 Å². The highest BCUT2D eigenvalue weighted by Gasteiger charge is 2.27. The molecule has 0 aliphatic rings. The van der Waals surface area contributed by atoms with Crippen molar-refractivity contribution in [2.24, 2.45) is 5.73 Å². The molecule has 1 atom stereocenters. The van der Waals surface area contributed by atoms with Crippen LogP contribution in [0.5, 0.6) is 0 Å². The Bertz CT molecular complexity index is 236. The molecule has 0 aromatic heterocycles. The minimum Gasteiger partial charge on any atom is -0.480 e. The van der Waals surface area contributed by atoms with E-state index in [-0.39, 0.29) is 13.2 Å². The summed E-state index contributed by atoms with van der Waals surface area (Å²) >= 11 is 0. The standard InChI is InChI=1S/C7H16NO6P/c1-3-12-15(11,13-4-2)14-5-6(8)7(9)10/h6H,3-5,8H2,1-2H3,(H,9,10)/t6-/m0/s1. The van der Waals surface area contributed by atoms with Gasteiger partial charge >= 0.3 is 13.8 Å². The number of hydrogen-bond donors (Lipinski definition) is 2. The second-order valence-corrected chi connectivity index (χ2v) is 4.19. The van der Waals surface area contributed by atoms with Crippen molar-refractivity contribution >= 4 is 13.8 Å². The summed E-state index contributed by atoms with van der Waals surface area (Å²) in [6, 6.07) is -1.25. The summed E-state index contributed by atoms with van der Waals surface area (Å²) in [7, 11) is -3.66. The average molecular weight is 241 g/mol. The molecule has 0 saturated heterocycles. The number of carboxylic acid groups (broad SMARTS) is 1. The van der Waals surface area contributed by atoms with Crippen molar-refractivity contribution in [3.05, 3.63) is 0 Å². The van der Waals surface area contributed by atoms with Gasteiger partial charge in [0.05, 0.1) is 19.8 Å². The maximum Gasteiger partial charge on any atom is 0.474 e. The number of hydrogen-bond acceptors (Lipinski definition) is 6. The number of phosphoric ester groups is 1. The first-order chi connectivity index (χ1) is 6.95. The van der Waals surface area contributed by atoms with E-state index in [1.807, 2.05) is 0 Å². The Kier molecular flexibility index (Phi) is 6.71. The SMILES string of the molecule is CCOP(=O)(OCC)OC[C@H](N)C(=O)O. The summed E-state index contributed by atoms with van der Waals surface area (Å²) in [6.07, 6.45) is 0. The molecular formula is C7H16NO6P. The fraction of sp³-hybridized carbons (Fsp3) is 0.857. The Hall–Kier alpha value is -0.460. The Labute approximate surface area is 88.1 Å². The molecule has 15 heavy (non-hydrogen) atoms. The molecule has 7 nitrogen and oxygen atoms in total. The van der Waals surface area contributed by atoms with Crippen molar-refractivity contribution in [3.8, 4) is 0 Å². The molecule has 0 aromatic carbocycles. The van der Waals surface area contributed by atoms with Gasteiger partial charge in [0.2, 0.25) is 0 Å². The molecule has 8 heteroatoms. The molecular weight excluding hydrogens is 225 g/mol. The molecule has 0 rings (SSSR count). The van der Waals surface area contributed by atoms with E-state index in [0.717, 1.165) is 0 Å². The summed E-state index contributed by atoms with van der Waals surface area (Å²) in [5.74, 6) is -1.24. The summed E-state index contributed by atoms with van der Waals surface area (Å²) in [4.78, 5) is 10.4. The van der Waals surface area contributed by atoms with Gasteiger partial charge < -0.3 is 10.8 Å². The third kappa shape index (κ3) is 5.86. The van der Waals surface area contributed by atoms with Crippen LogP contribution in [0.25, 0.3) is 0 Å². The molecule has 0 radical (unpaired) electrons. The Morgan fingerprint density at radius 2 is 1.80 bits per heavy atom. The van der Waals surface area contributed by atoms with Crippen molar-refractivity contribution in [3.63, 3.8) is 0 Å². The number of rotatable bonds is 8. The molecule has 0 amide bonds. The fourth-order valence-corrected chi connectivity index (χ4v) is 1.87. The fourth-order valence-electron chi connectivity index (χ4n) is 0.671. The van der Waals surface area contributed by atoms with Crippen LogP contribution in [-0.4, -0.2) is 36.9 Å². The van der Waals surface area contributed by atoms with Gasteiger partial charge in [0.15, 0.2) is 0 Å². The molecule has 0 unspecified atom stereocenters. The van der Waals surface area contributed by atoms with Crippen molar-refractivity contribution in [2.75, 3.05) is 19.8 Å². The van der Waals surface area contributed by atoms with E-state index in [9.17, 15) is 9.36 Å². The quantitative estimate of drug-likeness (QED) is 0.599. The third-order valence-corrected chi connectivity index (χ3v) is 2.92. The maximum absolute atomic E-state index is 11.6. The molecule has 0 fully saturated rings. The van der Waals surface area contributed by atoms with E-state index in [2.05, 4.69) is 0 Å². The van der Waals surface area contributed by atoms with Gasteiger partial charge in [0.25, 0.3) is 0 Å². The zero-order chi connectivity index (χ0) is 11.9. The van der Waals surface area contributed by atoms with E-state index in [1.165, 1.54) is 0 Å². The molecule has 3 N–H and O–H groups in total. The first kappa shape index (κ1) is 14.5. The van der Waals surface area contributed by atoms with E-state index in [0.29, 0.717) is 0 Å². The lowest BCUT2D eigenvalue weighted by atomic mass is 10.3. The summed E-state index contributed by atoms with van der Waals surface area (Å²) < 4.78 is 25.9. The van der Waals surface area contributed by atoms with Crippen molar-refractivity contribution in [2.45, 2.75) is 19.9 Å². The van der Waals surface area contributed by atoms with Crippen LogP contribution in [-0.2, 0) is 22.9 Å². The lowest BCUT2D eigenvalue weighted by Crippen LogP contribution is -2.34. The minimum absolute atomic E-state index is 0.138. The van der Waals surface area contributed by atoms with Crippen LogP contribution in [0, 0.1) is 0 Å². The topological polar surface area (TPSA) is 108 Å². The van der Waals surface area contributed by atoms with Gasteiger partial charge in [0, 0.05) is 0 Å². The zero-order valence-electron chi connectivity index (χ0n) is 8.71. The molecule has 0 spiro atoms. The number of carboxylic acids is 1. The van der Waals surface area contributed by atoms with Crippen molar-refractivity contribution in [1.29, 1.82) is 0 Å². The van der Waals surface area contributed by atoms with Crippen molar-refractivity contribution < 1.29 is 28.0 Å². The summed E-state index contributed by atoms with van der Waals surface area (Å²) in [6.45, 7) is 3.09. The molecule has 0 bridgehead atoms. The molecule has 0 aliphatic carbocycles. The highest BCUT2D eigenvalue weighted by Crippen LogP contribution is 2.49. The molecule has 0 aromatic rings. The Balaban J connectivity index is 4.18. The lowest BCUT2D eigenvalue weighted by molar-refractivity contribution is -0.139. The molecule has 0 aliphatic heterocycles. The first-order valence-electron chi connectivity index (χ1n) is 4.47. The maximum atomic E-state index is 11.6.